The Bertz CT molecular complexity index is 525. The van der Waals surface area contributed by atoms with Gasteiger partial charge < -0.3 is 4.90 Å². The zero-order chi connectivity index (χ0) is 12.6. The topological polar surface area (TPSA) is 46.6 Å². The molecule has 0 N–H and O–H groups in total. The van der Waals surface area contributed by atoms with E-state index in [0.29, 0.717) is 5.92 Å². The Morgan fingerprint density at radius 2 is 2.12 bits per heavy atom. The fourth-order valence-corrected chi connectivity index (χ4v) is 3.40. The average Bonchev–Trinajstić information content (AvgIpc) is 2.27. The molecule has 0 spiro atoms. The first kappa shape index (κ1) is 12.4. The Morgan fingerprint density at radius 3 is 2.76 bits per heavy atom. The van der Waals surface area contributed by atoms with Gasteiger partial charge >= 0.3 is 0 Å². The largest absolute Gasteiger partial charge is 0.373 e. The fourth-order valence-electron chi connectivity index (χ4n) is 2.46. The van der Waals surface area contributed by atoms with Crippen LogP contribution in [0.5, 0.6) is 0 Å². The summed E-state index contributed by atoms with van der Waals surface area (Å²) < 4.78 is 28.3. The van der Waals surface area contributed by atoms with Gasteiger partial charge in [0, 0.05) is 13.6 Å². The van der Waals surface area contributed by atoms with Crippen molar-refractivity contribution in [1.29, 1.82) is 0 Å². The van der Waals surface area contributed by atoms with Crippen LogP contribution in [-0.2, 0) is 20.7 Å². The maximum absolute atomic E-state index is 11.9. The highest BCUT2D eigenvalue weighted by atomic mass is 32.2. The summed E-state index contributed by atoms with van der Waals surface area (Å²) in [6, 6.07) is 5.36. The first-order chi connectivity index (χ1) is 7.95. The molecule has 1 atom stereocenters. The second-order valence-corrected chi connectivity index (χ2v) is 6.26. The SMILES string of the molecule is COS(=O)(=O)c1cccc2c1N(C)C[C@@H](C)C2. The first-order valence-electron chi connectivity index (χ1n) is 5.59. The van der Waals surface area contributed by atoms with Crippen LogP contribution in [0.3, 0.4) is 0 Å². The van der Waals surface area contributed by atoms with Gasteiger partial charge in [-0.1, -0.05) is 19.1 Å². The molecule has 0 saturated carbocycles. The summed E-state index contributed by atoms with van der Waals surface area (Å²) >= 11 is 0. The van der Waals surface area contributed by atoms with E-state index in [1.807, 2.05) is 18.0 Å². The van der Waals surface area contributed by atoms with Crippen molar-refractivity contribution in [2.24, 2.45) is 5.92 Å². The Balaban J connectivity index is 2.61. The van der Waals surface area contributed by atoms with E-state index in [0.717, 1.165) is 24.2 Å². The minimum absolute atomic E-state index is 0.270. The highest BCUT2D eigenvalue weighted by molar-refractivity contribution is 7.87. The fraction of sp³-hybridized carbons (Fsp3) is 0.500. The molecular weight excluding hydrogens is 238 g/mol. The highest BCUT2D eigenvalue weighted by Gasteiger charge is 2.27. The molecule has 1 aromatic rings. The molecule has 94 valence electrons. The van der Waals surface area contributed by atoms with Gasteiger partial charge in [0.15, 0.2) is 0 Å². The zero-order valence-electron chi connectivity index (χ0n) is 10.3. The molecule has 4 nitrogen and oxygen atoms in total. The van der Waals surface area contributed by atoms with E-state index in [9.17, 15) is 8.42 Å². The third-order valence-corrected chi connectivity index (χ3v) is 4.41. The third kappa shape index (κ3) is 2.17. The molecule has 1 aliphatic heterocycles. The normalized spacial score (nSPS) is 20.2. The molecule has 0 saturated heterocycles. The van der Waals surface area contributed by atoms with Crippen molar-refractivity contribution < 1.29 is 12.6 Å². The number of rotatable bonds is 2. The van der Waals surface area contributed by atoms with Crippen molar-refractivity contribution in [3.8, 4) is 0 Å². The van der Waals surface area contributed by atoms with Crippen molar-refractivity contribution >= 4 is 15.8 Å². The van der Waals surface area contributed by atoms with Crippen LogP contribution in [0.1, 0.15) is 12.5 Å². The molecule has 0 bridgehead atoms. The molecular formula is C12H17NO3S. The van der Waals surface area contributed by atoms with Crippen LogP contribution in [0, 0.1) is 5.92 Å². The zero-order valence-corrected chi connectivity index (χ0v) is 11.1. The van der Waals surface area contributed by atoms with Crippen LogP contribution >= 0.6 is 0 Å². The minimum Gasteiger partial charge on any atom is -0.373 e. The second-order valence-electron chi connectivity index (χ2n) is 4.57. The van der Waals surface area contributed by atoms with Crippen LogP contribution in [0.2, 0.25) is 0 Å². The number of fused-ring (bicyclic) bond motifs is 1. The number of hydrogen-bond donors (Lipinski definition) is 0. The molecule has 0 fully saturated rings. The van der Waals surface area contributed by atoms with Crippen LogP contribution < -0.4 is 4.90 Å². The molecule has 0 aromatic heterocycles. The van der Waals surface area contributed by atoms with Gasteiger partial charge in [0.2, 0.25) is 0 Å². The van der Waals surface area contributed by atoms with Gasteiger partial charge in [0.1, 0.15) is 4.90 Å². The van der Waals surface area contributed by atoms with Gasteiger partial charge in [-0.25, -0.2) is 0 Å². The van der Waals surface area contributed by atoms with Crippen LogP contribution in [0.4, 0.5) is 5.69 Å². The number of para-hydroxylation sites is 1. The molecule has 0 amide bonds. The van der Waals surface area contributed by atoms with E-state index < -0.39 is 10.1 Å². The van der Waals surface area contributed by atoms with Gasteiger partial charge in [-0.3, -0.25) is 4.18 Å². The lowest BCUT2D eigenvalue weighted by atomic mass is 9.94. The molecule has 1 aliphatic rings. The standard InChI is InChI=1S/C12H17NO3S/c1-9-7-10-5-4-6-11(17(14,15)16-3)12(10)13(2)8-9/h4-6,9H,7-8H2,1-3H3/t9-/m0/s1. The molecule has 1 aromatic carbocycles. The number of nitrogens with zero attached hydrogens (tertiary/aromatic N) is 1. The number of hydrogen-bond acceptors (Lipinski definition) is 4. The van der Waals surface area contributed by atoms with E-state index in [1.54, 1.807) is 12.1 Å². The lowest BCUT2D eigenvalue weighted by Gasteiger charge is -2.33. The maximum Gasteiger partial charge on any atom is 0.298 e. The Morgan fingerprint density at radius 1 is 1.41 bits per heavy atom. The lowest BCUT2D eigenvalue weighted by Crippen LogP contribution is -2.32. The summed E-state index contributed by atoms with van der Waals surface area (Å²) in [5.74, 6) is 0.535. The first-order valence-corrected chi connectivity index (χ1v) is 7.00. The summed E-state index contributed by atoms with van der Waals surface area (Å²) in [5, 5.41) is 0. The van der Waals surface area contributed by atoms with Gasteiger partial charge in [0.05, 0.1) is 12.8 Å². The summed E-state index contributed by atoms with van der Waals surface area (Å²) in [6.07, 6.45) is 0.909. The van der Waals surface area contributed by atoms with Gasteiger partial charge in [-0.15, -0.1) is 0 Å². The monoisotopic (exact) mass is 255 g/mol. The Kier molecular flexibility index (Phi) is 3.14. The summed E-state index contributed by atoms with van der Waals surface area (Å²) in [7, 11) is -0.517. The summed E-state index contributed by atoms with van der Waals surface area (Å²) in [6.45, 7) is 3.03. The second kappa shape index (κ2) is 4.31. The van der Waals surface area contributed by atoms with Gasteiger partial charge in [-0.2, -0.15) is 8.42 Å². The molecule has 0 unspecified atom stereocenters. The van der Waals surface area contributed by atoms with E-state index >= 15 is 0 Å². The third-order valence-electron chi connectivity index (χ3n) is 3.11. The van der Waals surface area contributed by atoms with Crippen LogP contribution in [0.15, 0.2) is 23.1 Å². The minimum atomic E-state index is -3.63. The maximum atomic E-state index is 11.9. The molecule has 0 aliphatic carbocycles. The molecule has 2 rings (SSSR count). The molecule has 5 heteroatoms. The smallest absolute Gasteiger partial charge is 0.298 e. The summed E-state index contributed by atoms with van der Waals surface area (Å²) in [5.41, 5.74) is 1.86. The predicted molar refractivity (Wildman–Crippen MR) is 66.8 cm³/mol. The predicted octanol–water partition coefficient (Wildman–Crippen LogP) is 1.65. The van der Waals surface area contributed by atoms with E-state index in [1.165, 1.54) is 7.11 Å². The highest BCUT2D eigenvalue weighted by Crippen LogP contribution is 2.34. The lowest BCUT2D eigenvalue weighted by molar-refractivity contribution is 0.397. The Labute approximate surface area is 102 Å². The Hall–Kier alpha value is -1.07. The quantitative estimate of drug-likeness (QED) is 0.754. The van der Waals surface area contributed by atoms with Crippen LogP contribution in [-0.4, -0.2) is 29.1 Å². The van der Waals surface area contributed by atoms with Gasteiger partial charge in [0.25, 0.3) is 10.1 Å². The van der Waals surface area contributed by atoms with Crippen molar-refractivity contribution in [1.82, 2.24) is 0 Å². The van der Waals surface area contributed by atoms with Crippen LogP contribution in [0.25, 0.3) is 0 Å². The van der Waals surface area contributed by atoms with Crippen molar-refractivity contribution in [2.45, 2.75) is 18.2 Å². The molecule has 0 radical (unpaired) electrons. The van der Waals surface area contributed by atoms with Crippen molar-refractivity contribution in [3.05, 3.63) is 23.8 Å². The van der Waals surface area contributed by atoms with Crippen molar-refractivity contribution in [3.63, 3.8) is 0 Å². The van der Waals surface area contributed by atoms with Gasteiger partial charge in [-0.05, 0) is 24.0 Å². The number of anilines is 1. The number of benzene rings is 1. The van der Waals surface area contributed by atoms with E-state index in [-0.39, 0.29) is 4.90 Å². The summed E-state index contributed by atoms with van der Waals surface area (Å²) in [4.78, 5) is 2.27. The van der Waals surface area contributed by atoms with E-state index in [2.05, 4.69) is 11.1 Å². The molecule has 17 heavy (non-hydrogen) atoms. The van der Waals surface area contributed by atoms with E-state index in [4.69, 9.17) is 0 Å². The molecule has 1 heterocycles. The average molecular weight is 255 g/mol. The van der Waals surface area contributed by atoms with Crippen molar-refractivity contribution in [2.75, 3.05) is 25.6 Å².